The normalized spacial score (nSPS) is 31.5. The third kappa shape index (κ3) is 3.07. The zero-order valence-electron chi connectivity index (χ0n) is 13.8. The SMILES string of the molecule is CCOC(C)CN1C(=O)C(C)(C2CC2)NC(=O)C1C(C)C. The lowest BCUT2D eigenvalue weighted by atomic mass is 9.86. The van der Waals surface area contributed by atoms with E-state index in [0.29, 0.717) is 13.2 Å². The first kappa shape index (κ1) is 16.3. The fraction of sp³-hybridized carbons (Fsp3) is 0.875. The van der Waals surface area contributed by atoms with E-state index in [4.69, 9.17) is 4.74 Å². The van der Waals surface area contributed by atoms with Gasteiger partial charge in [0.2, 0.25) is 11.8 Å². The molecule has 0 radical (unpaired) electrons. The maximum absolute atomic E-state index is 13.0. The average Bonchev–Trinajstić information content (AvgIpc) is 3.19. The Morgan fingerprint density at radius 1 is 1.33 bits per heavy atom. The number of rotatable bonds is 6. The van der Waals surface area contributed by atoms with Crippen LogP contribution in [-0.2, 0) is 14.3 Å². The first-order chi connectivity index (χ1) is 9.81. The Hall–Kier alpha value is -1.10. The molecule has 120 valence electrons. The molecule has 0 aromatic rings. The van der Waals surface area contributed by atoms with Crippen LogP contribution in [-0.4, -0.2) is 47.6 Å². The summed E-state index contributed by atoms with van der Waals surface area (Å²) in [5.41, 5.74) is -0.728. The quantitative estimate of drug-likeness (QED) is 0.809. The molecule has 3 atom stereocenters. The fourth-order valence-corrected chi connectivity index (χ4v) is 3.36. The van der Waals surface area contributed by atoms with Gasteiger partial charge in [0.25, 0.3) is 0 Å². The van der Waals surface area contributed by atoms with Gasteiger partial charge in [-0.05, 0) is 45.4 Å². The van der Waals surface area contributed by atoms with Crippen LogP contribution in [0.25, 0.3) is 0 Å². The molecule has 1 heterocycles. The summed E-state index contributed by atoms with van der Waals surface area (Å²) in [4.78, 5) is 27.3. The van der Waals surface area contributed by atoms with Crippen molar-refractivity contribution in [1.29, 1.82) is 0 Å². The molecule has 0 aromatic heterocycles. The molecule has 1 N–H and O–H groups in total. The molecule has 1 aliphatic carbocycles. The Bertz CT molecular complexity index is 420. The predicted molar refractivity (Wildman–Crippen MR) is 80.7 cm³/mol. The van der Waals surface area contributed by atoms with Crippen molar-refractivity contribution in [3.8, 4) is 0 Å². The molecule has 0 aromatic carbocycles. The van der Waals surface area contributed by atoms with Gasteiger partial charge in [0.05, 0.1) is 6.10 Å². The van der Waals surface area contributed by atoms with Crippen molar-refractivity contribution in [2.75, 3.05) is 13.2 Å². The molecule has 0 bridgehead atoms. The van der Waals surface area contributed by atoms with E-state index in [-0.39, 0.29) is 29.8 Å². The summed E-state index contributed by atoms with van der Waals surface area (Å²) in [5.74, 6) is 0.399. The Kier molecular flexibility index (Phi) is 4.61. The smallest absolute Gasteiger partial charge is 0.249 e. The number of piperazine rings is 1. The fourth-order valence-electron chi connectivity index (χ4n) is 3.36. The van der Waals surface area contributed by atoms with Gasteiger partial charge in [0.1, 0.15) is 11.6 Å². The van der Waals surface area contributed by atoms with Crippen LogP contribution in [0.2, 0.25) is 0 Å². The predicted octanol–water partition coefficient (Wildman–Crippen LogP) is 1.56. The van der Waals surface area contributed by atoms with E-state index in [2.05, 4.69) is 5.32 Å². The zero-order chi connectivity index (χ0) is 15.8. The minimum atomic E-state index is -0.728. The third-order valence-electron chi connectivity index (χ3n) is 4.62. The van der Waals surface area contributed by atoms with Crippen molar-refractivity contribution in [3.05, 3.63) is 0 Å². The van der Waals surface area contributed by atoms with Crippen LogP contribution >= 0.6 is 0 Å². The van der Waals surface area contributed by atoms with Crippen LogP contribution in [0.4, 0.5) is 0 Å². The second kappa shape index (κ2) is 5.95. The van der Waals surface area contributed by atoms with Crippen molar-refractivity contribution in [3.63, 3.8) is 0 Å². The van der Waals surface area contributed by atoms with Crippen molar-refractivity contribution in [2.24, 2.45) is 11.8 Å². The van der Waals surface area contributed by atoms with E-state index in [1.165, 1.54) is 0 Å². The highest BCUT2D eigenvalue weighted by atomic mass is 16.5. The van der Waals surface area contributed by atoms with Gasteiger partial charge in [0, 0.05) is 13.2 Å². The molecule has 2 rings (SSSR count). The molecule has 2 amide bonds. The van der Waals surface area contributed by atoms with Crippen molar-refractivity contribution in [2.45, 2.75) is 65.1 Å². The van der Waals surface area contributed by atoms with Crippen molar-refractivity contribution in [1.82, 2.24) is 10.2 Å². The maximum Gasteiger partial charge on any atom is 0.249 e. The van der Waals surface area contributed by atoms with E-state index in [0.717, 1.165) is 12.8 Å². The van der Waals surface area contributed by atoms with Gasteiger partial charge in [0.15, 0.2) is 0 Å². The number of nitrogens with one attached hydrogen (secondary N) is 1. The number of ether oxygens (including phenoxy) is 1. The molecule has 2 fully saturated rings. The number of amides is 2. The summed E-state index contributed by atoms with van der Waals surface area (Å²) in [6, 6.07) is -0.396. The molecule has 1 saturated carbocycles. The highest BCUT2D eigenvalue weighted by molar-refractivity contribution is 6.00. The largest absolute Gasteiger partial charge is 0.377 e. The number of hydrogen-bond donors (Lipinski definition) is 1. The van der Waals surface area contributed by atoms with Crippen molar-refractivity contribution >= 4 is 11.8 Å². The van der Waals surface area contributed by atoms with Crippen LogP contribution in [0.1, 0.15) is 47.5 Å². The first-order valence-electron chi connectivity index (χ1n) is 8.06. The monoisotopic (exact) mass is 296 g/mol. The Morgan fingerprint density at radius 3 is 2.43 bits per heavy atom. The maximum atomic E-state index is 13.0. The van der Waals surface area contributed by atoms with Gasteiger partial charge in [-0.1, -0.05) is 13.8 Å². The van der Waals surface area contributed by atoms with Gasteiger partial charge >= 0.3 is 0 Å². The second-order valence-corrected chi connectivity index (χ2v) is 6.88. The van der Waals surface area contributed by atoms with E-state index < -0.39 is 11.6 Å². The highest BCUT2D eigenvalue weighted by Crippen LogP contribution is 2.42. The van der Waals surface area contributed by atoms with Crippen molar-refractivity contribution < 1.29 is 14.3 Å². The lowest BCUT2D eigenvalue weighted by molar-refractivity contribution is -0.159. The average molecular weight is 296 g/mol. The van der Waals surface area contributed by atoms with E-state index in [1.807, 2.05) is 34.6 Å². The van der Waals surface area contributed by atoms with Gasteiger partial charge in [-0.25, -0.2) is 0 Å². The van der Waals surface area contributed by atoms with Crippen LogP contribution in [0.15, 0.2) is 0 Å². The number of nitrogens with zero attached hydrogens (tertiary/aromatic N) is 1. The Labute approximate surface area is 127 Å². The summed E-state index contributed by atoms with van der Waals surface area (Å²) in [5, 5.41) is 3.00. The minimum Gasteiger partial charge on any atom is -0.377 e. The van der Waals surface area contributed by atoms with Gasteiger partial charge in [-0.15, -0.1) is 0 Å². The Balaban J connectivity index is 2.24. The van der Waals surface area contributed by atoms with Crippen LogP contribution in [0.3, 0.4) is 0 Å². The molecule has 5 nitrogen and oxygen atoms in total. The molecule has 3 unspecified atom stereocenters. The minimum absolute atomic E-state index is 0.0253. The molecule has 21 heavy (non-hydrogen) atoms. The molecular weight excluding hydrogens is 268 g/mol. The molecule has 2 aliphatic rings. The molecule has 1 aliphatic heterocycles. The topological polar surface area (TPSA) is 58.6 Å². The zero-order valence-corrected chi connectivity index (χ0v) is 13.8. The molecule has 1 saturated heterocycles. The van der Waals surface area contributed by atoms with E-state index >= 15 is 0 Å². The molecule has 5 heteroatoms. The van der Waals surface area contributed by atoms with Crippen LogP contribution < -0.4 is 5.32 Å². The van der Waals surface area contributed by atoms with Gasteiger partial charge in [-0.3, -0.25) is 9.59 Å². The lowest BCUT2D eigenvalue weighted by Gasteiger charge is -2.46. The van der Waals surface area contributed by atoms with Crippen LogP contribution in [0.5, 0.6) is 0 Å². The summed E-state index contributed by atoms with van der Waals surface area (Å²) >= 11 is 0. The van der Waals surface area contributed by atoms with E-state index in [9.17, 15) is 9.59 Å². The first-order valence-corrected chi connectivity index (χ1v) is 8.06. The van der Waals surface area contributed by atoms with Gasteiger partial charge < -0.3 is 15.0 Å². The summed E-state index contributed by atoms with van der Waals surface area (Å²) in [6.07, 6.45) is 1.97. The number of hydrogen-bond acceptors (Lipinski definition) is 3. The number of carbonyl (C=O) groups excluding carboxylic acids is 2. The number of carbonyl (C=O) groups is 2. The second-order valence-electron chi connectivity index (χ2n) is 6.88. The summed E-state index contributed by atoms with van der Waals surface area (Å²) < 4.78 is 5.57. The standard InChI is InChI=1S/C16H28N2O3/c1-6-21-11(4)9-18-13(10(2)3)14(19)17-16(5,15(18)20)12-7-8-12/h10-13H,6-9H2,1-5H3,(H,17,19). The Morgan fingerprint density at radius 2 is 1.95 bits per heavy atom. The van der Waals surface area contributed by atoms with Crippen LogP contribution in [0, 0.1) is 11.8 Å². The highest BCUT2D eigenvalue weighted by Gasteiger charge is 2.55. The lowest BCUT2D eigenvalue weighted by Crippen LogP contribution is -2.71. The third-order valence-corrected chi connectivity index (χ3v) is 4.62. The molecule has 0 spiro atoms. The summed E-state index contributed by atoms with van der Waals surface area (Å²) in [7, 11) is 0. The van der Waals surface area contributed by atoms with E-state index in [1.54, 1.807) is 4.90 Å². The molecular formula is C16H28N2O3. The van der Waals surface area contributed by atoms with Gasteiger partial charge in [-0.2, -0.15) is 0 Å². The summed E-state index contributed by atoms with van der Waals surface area (Å²) in [6.45, 7) is 10.8.